The third kappa shape index (κ3) is 3.88. The van der Waals surface area contributed by atoms with Gasteiger partial charge in [0.05, 0.1) is 17.7 Å². The first-order chi connectivity index (χ1) is 6.18. The Labute approximate surface area is 83.0 Å². The van der Waals surface area contributed by atoms with E-state index in [4.69, 9.17) is 11.6 Å². The van der Waals surface area contributed by atoms with Crippen molar-refractivity contribution in [2.75, 3.05) is 0 Å². The smallest absolute Gasteiger partial charge is 0.0951 e. The molecule has 0 aromatic heterocycles. The minimum absolute atomic E-state index is 0.232. The minimum Gasteiger partial charge on any atom is -0.223 e. The van der Waals surface area contributed by atoms with E-state index in [-0.39, 0.29) is 6.04 Å². The number of nitrogens with zero attached hydrogens (tertiary/aromatic N) is 2. The van der Waals surface area contributed by atoms with E-state index in [9.17, 15) is 0 Å². The Morgan fingerprint density at radius 2 is 1.85 bits per heavy atom. The standard InChI is InChI=1S/C10H11ClN2/c1-8(2)12-7-13-10-5-3-9(11)4-6-10/h3-6,8H,1-2H3. The molecule has 0 N–H and O–H groups in total. The van der Waals surface area contributed by atoms with Crippen molar-refractivity contribution in [1.82, 2.24) is 0 Å². The molecule has 3 heteroatoms. The summed E-state index contributed by atoms with van der Waals surface area (Å²) < 4.78 is 0. The summed E-state index contributed by atoms with van der Waals surface area (Å²) in [5, 5.41) is 0.708. The summed E-state index contributed by atoms with van der Waals surface area (Å²) in [7, 11) is 0. The fraction of sp³-hybridized carbons (Fsp3) is 0.300. The lowest BCUT2D eigenvalue weighted by Crippen LogP contribution is -1.84. The zero-order chi connectivity index (χ0) is 9.68. The Morgan fingerprint density at radius 1 is 1.23 bits per heavy atom. The monoisotopic (exact) mass is 194 g/mol. The summed E-state index contributed by atoms with van der Waals surface area (Å²) in [4.78, 5) is 8.00. The molecule has 0 radical (unpaired) electrons. The first-order valence-electron chi connectivity index (χ1n) is 4.09. The molecule has 1 aromatic carbocycles. The third-order valence-electron chi connectivity index (χ3n) is 1.32. The quantitative estimate of drug-likeness (QED) is 0.644. The van der Waals surface area contributed by atoms with Gasteiger partial charge < -0.3 is 0 Å². The van der Waals surface area contributed by atoms with Gasteiger partial charge in [-0.1, -0.05) is 11.6 Å². The molecule has 13 heavy (non-hydrogen) atoms. The molecule has 0 spiro atoms. The predicted molar refractivity (Wildman–Crippen MR) is 56.1 cm³/mol. The van der Waals surface area contributed by atoms with Crippen molar-refractivity contribution in [3.05, 3.63) is 29.3 Å². The number of rotatable bonds is 2. The second kappa shape index (κ2) is 4.80. The molecule has 0 saturated heterocycles. The average molecular weight is 195 g/mol. The highest BCUT2D eigenvalue weighted by Crippen LogP contribution is 2.15. The van der Waals surface area contributed by atoms with E-state index in [1.807, 2.05) is 26.0 Å². The van der Waals surface area contributed by atoms with Crippen molar-refractivity contribution in [2.24, 2.45) is 9.98 Å². The molecule has 0 aliphatic carbocycles. The Balaban J connectivity index is 2.75. The number of hydrogen-bond donors (Lipinski definition) is 0. The van der Waals surface area contributed by atoms with Gasteiger partial charge in [0.1, 0.15) is 0 Å². The Bertz CT molecular complexity index is 321. The van der Waals surface area contributed by atoms with Crippen LogP contribution in [-0.2, 0) is 0 Å². The van der Waals surface area contributed by atoms with E-state index >= 15 is 0 Å². The molecule has 0 aliphatic rings. The molecular weight excluding hydrogens is 184 g/mol. The van der Waals surface area contributed by atoms with Crippen LogP contribution in [0.3, 0.4) is 0 Å². The molecule has 2 nitrogen and oxygen atoms in total. The van der Waals surface area contributed by atoms with Gasteiger partial charge in [-0.3, -0.25) is 0 Å². The fourth-order valence-electron chi connectivity index (χ4n) is 0.718. The summed E-state index contributed by atoms with van der Waals surface area (Å²) in [6.45, 7) is 3.95. The van der Waals surface area contributed by atoms with Crippen LogP contribution in [0.25, 0.3) is 0 Å². The molecular formula is C10H11ClN2. The van der Waals surface area contributed by atoms with Crippen LogP contribution >= 0.6 is 11.6 Å². The lowest BCUT2D eigenvalue weighted by molar-refractivity contribution is 0.842. The summed E-state index contributed by atoms with van der Waals surface area (Å²) in [5.74, 6) is 0. The first-order valence-corrected chi connectivity index (χ1v) is 4.47. The number of benzene rings is 1. The first kappa shape index (κ1) is 9.97. The van der Waals surface area contributed by atoms with Gasteiger partial charge in [-0.25, -0.2) is 4.99 Å². The second-order valence-corrected chi connectivity index (χ2v) is 3.35. The van der Waals surface area contributed by atoms with Crippen LogP contribution in [0.15, 0.2) is 34.3 Å². The highest BCUT2D eigenvalue weighted by atomic mass is 35.5. The molecule has 0 saturated carbocycles. The van der Waals surface area contributed by atoms with Crippen molar-refractivity contribution in [1.29, 1.82) is 0 Å². The maximum absolute atomic E-state index is 5.71. The molecule has 0 unspecified atom stereocenters. The van der Waals surface area contributed by atoms with E-state index in [0.717, 1.165) is 5.69 Å². The van der Waals surface area contributed by atoms with Crippen molar-refractivity contribution in [2.45, 2.75) is 19.9 Å². The molecule has 0 fully saturated rings. The van der Waals surface area contributed by atoms with E-state index < -0.39 is 0 Å². The fourth-order valence-corrected chi connectivity index (χ4v) is 0.844. The van der Waals surface area contributed by atoms with E-state index in [2.05, 4.69) is 16.0 Å². The molecule has 68 valence electrons. The molecule has 1 aromatic rings. The molecule has 1 rings (SSSR count). The van der Waals surface area contributed by atoms with Crippen LogP contribution in [0.4, 0.5) is 5.69 Å². The van der Waals surface area contributed by atoms with E-state index in [1.165, 1.54) is 0 Å². The van der Waals surface area contributed by atoms with E-state index in [0.29, 0.717) is 5.02 Å². The zero-order valence-corrected chi connectivity index (χ0v) is 8.42. The SMILES string of the molecule is CC(C)N=C=Nc1ccc(Cl)cc1. The molecule has 0 bridgehead atoms. The van der Waals surface area contributed by atoms with Gasteiger partial charge in [0.2, 0.25) is 0 Å². The van der Waals surface area contributed by atoms with Crippen LogP contribution in [0.5, 0.6) is 0 Å². The van der Waals surface area contributed by atoms with Gasteiger partial charge >= 0.3 is 0 Å². The summed E-state index contributed by atoms with van der Waals surface area (Å²) in [6.07, 6.45) is 0. The lowest BCUT2D eigenvalue weighted by Gasteiger charge is -1.90. The summed E-state index contributed by atoms with van der Waals surface area (Å²) in [6, 6.07) is 10.1. The van der Waals surface area contributed by atoms with Gasteiger partial charge in [-0.2, -0.15) is 4.99 Å². The van der Waals surface area contributed by atoms with Crippen LogP contribution < -0.4 is 0 Å². The van der Waals surface area contributed by atoms with Gasteiger partial charge in [-0.15, -0.1) is 0 Å². The maximum Gasteiger partial charge on any atom is 0.0951 e. The van der Waals surface area contributed by atoms with Gasteiger partial charge in [0, 0.05) is 5.02 Å². The Hall–Kier alpha value is -1.11. The molecule has 0 amide bonds. The highest BCUT2D eigenvalue weighted by Gasteiger charge is 1.87. The third-order valence-corrected chi connectivity index (χ3v) is 1.57. The summed E-state index contributed by atoms with van der Waals surface area (Å²) >= 11 is 5.71. The van der Waals surface area contributed by atoms with Crippen molar-refractivity contribution in [3.63, 3.8) is 0 Å². The Kier molecular flexibility index (Phi) is 3.69. The normalized spacial score (nSPS) is 9.54. The van der Waals surface area contributed by atoms with Crippen LogP contribution in [0.1, 0.15) is 13.8 Å². The van der Waals surface area contributed by atoms with Crippen molar-refractivity contribution in [3.8, 4) is 0 Å². The average Bonchev–Trinajstić information content (AvgIpc) is 2.08. The summed E-state index contributed by atoms with van der Waals surface area (Å²) in [5.41, 5.74) is 0.814. The van der Waals surface area contributed by atoms with E-state index in [1.54, 1.807) is 12.1 Å². The molecule has 0 aliphatic heterocycles. The lowest BCUT2D eigenvalue weighted by atomic mass is 10.3. The van der Waals surface area contributed by atoms with Gasteiger partial charge in [0.25, 0.3) is 0 Å². The predicted octanol–water partition coefficient (Wildman–Crippen LogP) is 3.55. The van der Waals surface area contributed by atoms with Crippen molar-refractivity contribution >= 4 is 23.3 Å². The van der Waals surface area contributed by atoms with Crippen LogP contribution in [0.2, 0.25) is 5.02 Å². The Morgan fingerprint density at radius 3 is 2.38 bits per heavy atom. The van der Waals surface area contributed by atoms with Gasteiger partial charge in [-0.05, 0) is 38.1 Å². The van der Waals surface area contributed by atoms with Gasteiger partial charge in [0.15, 0.2) is 0 Å². The topological polar surface area (TPSA) is 24.7 Å². The number of aliphatic imine (C=N–C) groups is 2. The van der Waals surface area contributed by atoms with Crippen LogP contribution in [0, 0.1) is 0 Å². The number of hydrogen-bond acceptors (Lipinski definition) is 2. The largest absolute Gasteiger partial charge is 0.223 e. The zero-order valence-electron chi connectivity index (χ0n) is 7.66. The number of halogens is 1. The highest BCUT2D eigenvalue weighted by molar-refractivity contribution is 6.30. The molecule has 0 atom stereocenters. The second-order valence-electron chi connectivity index (χ2n) is 2.91. The maximum atomic E-state index is 5.71. The van der Waals surface area contributed by atoms with Crippen LogP contribution in [-0.4, -0.2) is 12.1 Å². The molecule has 0 heterocycles. The van der Waals surface area contributed by atoms with Crippen molar-refractivity contribution < 1.29 is 0 Å². The minimum atomic E-state index is 0.232.